The van der Waals surface area contributed by atoms with Crippen LogP contribution in [0.5, 0.6) is 0 Å². The molecule has 2 fully saturated rings. The normalized spacial score (nSPS) is 25.0. The molecule has 33 heavy (non-hydrogen) atoms. The molecular formula is C23H17Cl2N3O5. The van der Waals surface area contributed by atoms with Crippen LogP contribution in [-0.2, 0) is 16.1 Å². The molecule has 2 bridgehead atoms. The topological polar surface area (TPSA) is 101 Å². The number of carbonyl (C=O) groups excluding carboxylic acids is 3. The number of hydrogen-bond acceptors (Lipinski definition) is 5. The van der Waals surface area contributed by atoms with Crippen molar-refractivity contribution in [2.75, 3.05) is 0 Å². The minimum absolute atomic E-state index is 0.0522. The lowest BCUT2D eigenvalue weighted by Gasteiger charge is -2.31. The highest BCUT2D eigenvalue weighted by molar-refractivity contribution is 6.34. The standard InChI is InChI=1S/C23H17Cl2N3O5/c24-15-8-7-14(18(10-15)28(32)33)11-26(21(29)16-3-1-2-4-17(16)25)27-22(30)19-12-5-6-13(9-12)20(19)23(27)31/h1-8,10,12-13,19-20H,9,11H2/t12-,13-,19-,20+/m0/s1. The summed E-state index contributed by atoms with van der Waals surface area (Å²) in [5.74, 6) is -2.82. The maximum absolute atomic E-state index is 13.6. The maximum Gasteiger partial charge on any atom is 0.275 e. The Balaban J connectivity index is 1.58. The van der Waals surface area contributed by atoms with Crippen LogP contribution in [0.25, 0.3) is 0 Å². The number of nitrogens with zero attached hydrogens (tertiary/aromatic N) is 3. The fraction of sp³-hybridized carbons (Fsp3) is 0.261. The Morgan fingerprint density at radius 3 is 2.30 bits per heavy atom. The summed E-state index contributed by atoms with van der Waals surface area (Å²) in [5, 5.41) is 13.7. The third-order valence-electron chi connectivity index (χ3n) is 6.59. The van der Waals surface area contributed by atoms with E-state index in [9.17, 15) is 24.5 Å². The van der Waals surface area contributed by atoms with Gasteiger partial charge < -0.3 is 0 Å². The molecule has 168 valence electrons. The number of nitro benzene ring substituents is 1. The van der Waals surface area contributed by atoms with E-state index < -0.39 is 34.5 Å². The van der Waals surface area contributed by atoms with Gasteiger partial charge in [0.05, 0.1) is 39.5 Å². The van der Waals surface area contributed by atoms with Gasteiger partial charge in [0.25, 0.3) is 23.4 Å². The molecule has 0 spiro atoms. The fourth-order valence-electron chi connectivity index (χ4n) is 5.13. The molecular weight excluding hydrogens is 469 g/mol. The number of hydrazine groups is 1. The molecule has 10 heteroatoms. The lowest BCUT2D eigenvalue weighted by atomic mass is 9.85. The van der Waals surface area contributed by atoms with E-state index in [2.05, 4.69) is 0 Å². The SMILES string of the molecule is O=C(c1ccccc1Cl)N(Cc1ccc(Cl)cc1[N+](=O)[O-])N1C(=O)[C@@H]2[C@H](C1=O)[C@H]1C=C[C@H]2C1. The highest BCUT2D eigenvalue weighted by Gasteiger charge is 2.61. The first-order chi connectivity index (χ1) is 15.8. The first-order valence-electron chi connectivity index (χ1n) is 10.3. The monoisotopic (exact) mass is 485 g/mol. The third-order valence-corrected chi connectivity index (χ3v) is 7.16. The van der Waals surface area contributed by atoms with Gasteiger partial charge in [-0.15, -0.1) is 0 Å². The van der Waals surface area contributed by atoms with Gasteiger partial charge in [-0.05, 0) is 42.5 Å². The van der Waals surface area contributed by atoms with E-state index in [0.29, 0.717) is 0 Å². The highest BCUT2D eigenvalue weighted by atomic mass is 35.5. The molecule has 1 saturated carbocycles. The predicted molar refractivity (Wildman–Crippen MR) is 119 cm³/mol. The van der Waals surface area contributed by atoms with Gasteiger partial charge in [0.2, 0.25) is 0 Å². The van der Waals surface area contributed by atoms with Gasteiger partial charge in [0.1, 0.15) is 0 Å². The summed E-state index contributed by atoms with van der Waals surface area (Å²) in [5.41, 5.74) is -0.112. The Hall–Kier alpha value is -3.23. The van der Waals surface area contributed by atoms with Gasteiger partial charge in [0, 0.05) is 11.1 Å². The van der Waals surface area contributed by atoms with Crippen molar-refractivity contribution < 1.29 is 19.3 Å². The Kier molecular flexibility index (Phi) is 5.22. The average Bonchev–Trinajstić information content (AvgIpc) is 3.47. The number of allylic oxidation sites excluding steroid dienone is 2. The number of imide groups is 1. The Labute approximate surface area is 198 Å². The number of hydrogen-bond donors (Lipinski definition) is 0. The second-order valence-corrected chi connectivity index (χ2v) is 9.20. The number of carbonyl (C=O) groups is 3. The average molecular weight is 486 g/mol. The van der Waals surface area contributed by atoms with Crippen LogP contribution in [0.1, 0.15) is 22.3 Å². The summed E-state index contributed by atoms with van der Waals surface area (Å²) in [6.45, 7) is -0.378. The van der Waals surface area contributed by atoms with Crippen molar-refractivity contribution in [1.82, 2.24) is 10.0 Å². The van der Waals surface area contributed by atoms with Crippen molar-refractivity contribution in [3.63, 3.8) is 0 Å². The zero-order chi connectivity index (χ0) is 23.4. The number of halogens is 2. The molecule has 1 aliphatic heterocycles. The molecule has 0 unspecified atom stereocenters. The molecule has 4 atom stereocenters. The summed E-state index contributed by atoms with van der Waals surface area (Å²) in [6.07, 6.45) is 4.64. The third kappa shape index (κ3) is 3.41. The van der Waals surface area contributed by atoms with E-state index in [1.165, 1.54) is 30.3 Å². The van der Waals surface area contributed by atoms with E-state index in [1.54, 1.807) is 12.1 Å². The van der Waals surface area contributed by atoms with Gasteiger partial charge >= 0.3 is 0 Å². The molecule has 2 aromatic carbocycles. The van der Waals surface area contributed by atoms with E-state index in [1.807, 2.05) is 12.2 Å². The largest absolute Gasteiger partial charge is 0.275 e. The van der Waals surface area contributed by atoms with Crippen molar-refractivity contribution in [1.29, 1.82) is 0 Å². The molecule has 8 nitrogen and oxygen atoms in total. The van der Waals surface area contributed by atoms with Crippen molar-refractivity contribution >= 4 is 46.6 Å². The van der Waals surface area contributed by atoms with Crippen LogP contribution in [0.15, 0.2) is 54.6 Å². The number of fused-ring (bicyclic) bond motifs is 5. The van der Waals surface area contributed by atoms with E-state index in [4.69, 9.17) is 23.2 Å². The molecule has 3 amide bonds. The summed E-state index contributed by atoms with van der Waals surface area (Å²) in [7, 11) is 0. The summed E-state index contributed by atoms with van der Waals surface area (Å²) in [6, 6.07) is 10.3. The molecule has 0 radical (unpaired) electrons. The van der Waals surface area contributed by atoms with Crippen LogP contribution in [0.3, 0.4) is 0 Å². The number of nitro groups is 1. The molecule has 0 aromatic heterocycles. The van der Waals surface area contributed by atoms with E-state index in [-0.39, 0.29) is 45.2 Å². The molecule has 2 aliphatic carbocycles. The highest BCUT2D eigenvalue weighted by Crippen LogP contribution is 2.53. The van der Waals surface area contributed by atoms with Crippen molar-refractivity contribution in [3.05, 3.63) is 85.9 Å². The number of rotatable bonds is 5. The van der Waals surface area contributed by atoms with Crippen molar-refractivity contribution in [2.45, 2.75) is 13.0 Å². The van der Waals surface area contributed by atoms with Gasteiger partial charge in [-0.3, -0.25) is 24.5 Å². The smallest absolute Gasteiger partial charge is 0.272 e. The first-order valence-corrected chi connectivity index (χ1v) is 11.1. The molecule has 0 N–H and O–H groups in total. The Morgan fingerprint density at radius 1 is 1.06 bits per heavy atom. The molecule has 1 heterocycles. The molecule has 1 saturated heterocycles. The van der Waals surface area contributed by atoms with Crippen LogP contribution in [0, 0.1) is 33.8 Å². The summed E-state index contributed by atoms with van der Waals surface area (Å²) >= 11 is 12.2. The van der Waals surface area contributed by atoms with E-state index >= 15 is 0 Å². The van der Waals surface area contributed by atoms with Gasteiger partial charge in [-0.25, -0.2) is 5.01 Å². The summed E-state index contributed by atoms with van der Waals surface area (Å²) < 4.78 is 0. The second-order valence-electron chi connectivity index (χ2n) is 8.36. The Bertz CT molecular complexity index is 1220. The number of amides is 3. The Morgan fingerprint density at radius 2 is 1.70 bits per heavy atom. The minimum atomic E-state index is -0.702. The van der Waals surface area contributed by atoms with Crippen molar-refractivity contribution in [3.8, 4) is 0 Å². The number of benzene rings is 2. The molecule has 5 rings (SSSR count). The van der Waals surface area contributed by atoms with Gasteiger partial charge in [-0.1, -0.05) is 47.5 Å². The van der Waals surface area contributed by atoms with Gasteiger partial charge in [0.15, 0.2) is 0 Å². The lowest BCUT2D eigenvalue weighted by Crippen LogP contribution is -2.50. The quantitative estimate of drug-likeness (QED) is 0.272. The zero-order valence-electron chi connectivity index (χ0n) is 17.1. The zero-order valence-corrected chi connectivity index (χ0v) is 18.6. The predicted octanol–water partition coefficient (Wildman–Crippen LogP) is 4.27. The van der Waals surface area contributed by atoms with Crippen LogP contribution in [0.4, 0.5) is 5.69 Å². The molecule has 2 aromatic rings. The van der Waals surface area contributed by atoms with Crippen molar-refractivity contribution in [2.24, 2.45) is 23.7 Å². The van der Waals surface area contributed by atoms with Crippen LogP contribution < -0.4 is 0 Å². The summed E-state index contributed by atoms with van der Waals surface area (Å²) in [4.78, 5) is 51.4. The van der Waals surface area contributed by atoms with E-state index in [0.717, 1.165) is 16.4 Å². The molecule has 3 aliphatic rings. The van der Waals surface area contributed by atoms with Crippen LogP contribution in [-0.4, -0.2) is 32.7 Å². The van der Waals surface area contributed by atoms with Crippen LogP contribution in [0.2, 0.25) is 10.0 Å². The fourth-order valence-corrected chi connectivity index (χ4v) is 5.52. The first kappa shape index (κ1) is 21.6. The second kappa shape index (κ2) is 7.97. The maximum atomic E-state index is 13.6. The van der Waals surface area contributed by atoms with Gasteiger partial charge in [-0.2, -0.15) is 5.01 Å². The lowest BCUT2D eigenvalue weighted by molar-refractivity contribution is -0.385. The minimum Gasteiger partial charge on any atom is -0.272 e. The van der Waals surface area contributed by atoms with Crippen LogP contribution >= 0.6 is 23.2 Å².